The fraction of sp³-hybridized carbons (Fsp3) is 0. The van der Waals surface area contributed by atoms with E-state index in [1.807, 2.05) is 0 Å². The SMILES string of the molecule is N#C/C(=C\c1ccc(-c2ccccc2F)s1)C(=O)Nc1ccc(F)cc1F. The molecule has 0 spiro atoms. The highest BCUT2D eigenvalue weighted by Crippen LogP contribution is 2.31. The standard InChI is InChI=1S/C20H11F3N2OS/c21-13-5-7-18(17(23)10-13)25-20(26)12(11-24)9-14-6-8-19(27-14)15-3-1-2-4-16(15)22/h1-10H,(H,25,26)/b12-9+. The number of benzene rings is 2. The molecule has 1 amide bonds. The quantitative estimate of drug-likeness (QED) is 0.485. The van der Waals surface area contributed by atoms with E-state index in [9.17, 15) is 23.2 Å². The molecule has 0 unspecified atom stereocenters. The van der Waals surface area contributed by atoms with Crippen LogP contribution in [-0.2, 0) is 4.79 Å². The zero-order valence-electron chi connectivity index (χ0n) is 13.7. The maximum absolute atomic E-state index is 13.9. The number of rotatable bonds is 4. The van der Waals surface area contributed by atoms with Gasteiger partial charge in [0.05, 0.1) is 5.69 Å². The minimum Gasteiger partial charge on any atom is -0.319 e. The van der Waals surface area contributed by atoms with Crippen molar-refractivity contribution in [1.82, 2.24) is 0 Å². The molecule has 0 radical (unpaired) electrons. The van der Waals surface area contributed by atoms with Crippen LogP contribution in [0, 0.1) is 28.8 Å². The molecule has 0 saturated carbocycles. The Balaban J connectivity index is 1.83. The lowest BCUT2D eigenvalue weighted by Gasteiger charge is -2.05. The van der Waals surface area contributed by atoms with E-state index >= 15 is 0 Å². The lowest BCUT2D eigenvalue weighted by Crippen LogP contribution is -2.14. The molecule has 0 bridgehead atoms. The minimum atomic E-state index is -0.946. The molecule has 0 aliphatic heterocycles. The first-order chi connectivity index (χ1) is 13.0. The topological polar surface area (TPSA) is 52.9 Å². The van der Waals surface area contributed by atoms with Crippen LogP contribution >= 0.6 is 11.3 Å². The van der Waals surface area contributed by atoms with Crippen molar-refractivity contribution in [3.05, 3.63) is 82.5 Å². The normalized spacial score (nSPS) is 11.1. The van der Waals surface area contributed by atoms with Crippen LogP contribution in [0.5, 0.6) is 0 Å². The number of halogens is 3. The molecular formula is C20H11F3N2OS. The second kappa shape index (κ2) is 7.89. The molecule has 134 valence electrons. The molecule has 2 aromatic carbocycles. The third kappa shape index (κ3) is 4.25. The average molecular weight is 384 g/mol. The highest BCUT2D eigenvalue weighted by molar-refractivity contribution is 7.16. The van der Waals surface area contributed by atoms with Crippen LogP contribution in [0.25, 0.3) is 16.5 Å². The molecule has 0 atom stereocenters. The van der Waals surface area contributed by atoms with E-state index in [0.29, 0.717) is 21.4 Å². The molecule has 0 fully saturated rings. The number of amides is 1. The smallest absolute Gasteiger partial charge is 0.266 e. The van der Waals surface area contributed by atoms with E-state index in [-0.39, 0.29) is 17.1 Å². The molecule has 1 N–H and O–H groups in total. The summed E-state index contributed by atoms with van der Waals surface area (Å²) in [5.41, 5.74) is -0.0834. The van der Waals surface area contributed by atoms with Gasteiger partial charge in [-0.15, -0.1) is 11.3 Å². The summed E-state index contributed by atoms with van der Waals surface area (Å²) in [6, 6.07) is 14.0. The number of hydrogen-bond acceptors (Lipinski definition) is 3. The predicted octanol–water partition coefficient (Wildman–Crippen LogP) is 5.38. The summed E-state index contributed by atoms with van der Waals surface area (Å²) in [5, 5.41) is 11.5. The van der Waals surface area contributed by atoms with Gasteiger partial charge in [0, 0.05) is 21.4 Å². The molecule has 27 heavy (non-hydrogen) atoms. The molecule has 0 saturated heterocycles. The van der Waals surface area contributed by atoms with Gasteiger partial charge in [0.15, 0.2) is 0 Å². The summed E-state index contributed by atoms with van der Waals surface area (Å²) in [6.45, 7) is 0. The monoisotopic (exact) mass is 384 g/mol. The summed E-state index contributed by atoms with van der Waals surface area (Å²) in [6.07, 6.45) is 1.33. The molecule has 0 aliphatic carbocycles. The Kier molecular flexibility index (Phi) is 5.38. The van der Waals surface area contributed by atoms with Crippen LogP contribution in [0.2, 0.25) is 0 Å². The first kappa shape index (κ1) is 18.4. The highest BCUT2D eigenvalue weighted by atomic mass is 32.1. The Morgan fingerprint density at radius 1 is 1.04 bits per heavy atom. The van der Waals surface area contributed by atoms with Crippen LogP contribution in [0.15, 0.2) is 60.2 Å². The van der Waals surface area contributed by atoms with Crippen molar-refractivity contribution in [2.45, 2.75) is 0 Å². The van der Waals surface area contributed by atoms with Crippen LogP contribution < -0.4 is 5.32 Å². The van der Waals surface area contributed by atoms with Crippen LogP contribution in [-0.4, -0.2) is 5.91 Å². The van der Waals surface area contributed by atoms with E-state index in [0.717, 1.165) is 12.1 Å². The van der Waals surface area contributed by atoms with E-state index < -0.39 is 17.5 Å². The largest absolute Gasteiger partial charge is 0.319 e. The van der Waals surface area contributed by atoms with E-state index in [1.165, 1.54) is 23.5 Å². The third-order valence-corrected chi connectivity index (χ3v) is 4.66. The van der Waals surface area contributed by atoms with Crippen molar-refractivity contribution in [3.63, 3.8) is 0 Å². The lowest BCUT2D eigenvalue weighted by atomic mass is 10.2. The Hall–Kier alpha value is -3.37. The third-order valence-electron chi connectivity index (χ3n) is 3.60. The predicted molar refractivity (Wildman–Crippen MR) is 98.3 cm³/mol. The molecule has 3 aromatic rings. The van der Waals surface area contributed by atoms with Crippen molar-refractivity contribution in [2.75, 3.05) is 5.32 Å². The number of carbonyl (C=O) groups excluding carboxylic acids is 1. The summed E-state index contributed by atoms with van der Waals surface area (Å²) in [5.74, 6) is -2.93. The van der Waals surface area contributed by atoms with Gasteiger partial charge in [-0.05, 0) is 36.4 Å². The second-order valence-corrected chi connectivity index (χ2v) is 6.55. The minimum absolute atomic E-state index is 0.235. The van der Waals surface area contributed by atoms with E-state index in [2.05, 4.69) is 5.32 Å². The second-order valence-electron chi connectivity index (χ2n) is 5.43. The molecule has 1 aromatic heterocycles. The van der Waals surface area contributed by atoms with Crippen molar-refractivity contribution >= 4 is 29.0 Å². The van der Waals surface area contributed by atoms with Crippen molar-refractivity contribution < 1.29 is 18.0 Å². The number of anilines is 1. The number of hydrogen-bond donors (Lipinski definition) is 1. The highest BCUT2D eigenvalue weighted by Gasteiger charge is 2.14. The van der Waals surface area contributed by atoms with Gasteiger partial charge >= 0.3 is 0 Å². The Morgan fingerprint density at radius 3 is 2.52 bits per heavy atom. The summed E-state index contributed by atoms with van der Waals surface area (Å²) in [4.78, 5) is 13.4. The summed E-state index contributed by atoms with van der Waals surface area (Å²) >= 11 is 1.20. The van der Waals surface area contributed by atoms with E-state index in [4.69, 9.17) is 0 Å². The van der Waals surface area contributed by atoms with Crippen LogP contribution in [0.3, 0.4) is 0 Å². The fourth-order valence-electron chi connectivity index (χ4n) is 2.31. The van der Waals surface area contributed by atoms with Crippen molar-refractivity contribution in [3.8, 4) is 16.5 Å². The van der Waals surface area contributed by atoms with Crippen molar-refractivity contribution in [1.29, 1.82) is 5.26 Å². The number of carbonyl (C=O) groups is 1. The molecule has 0 aliphatic rings. The number of nitrogens with zero attached hydrogens (tertiary/aromatic N) is 1. The lowest BCUT2D eigenvalue weighted by molar-refractivity contribution is -0.112. The molecule has 3 rings (SSSR count). The Bertz CT molecular complexity index is 1080. The molecule has 3 nitrogen and oxygen atoms in total. The van der Waals surface area contributed by atoms with Gasteiger partial charge in [-0.1, -0.05) is 18.2 Å². The van der Waals surface area contributed by atoms with Gasteiger partial charge in [-0.25, -0.2) is 13.2 Å². The maximum Gasteiger partial charge on any atom is 0.266 e. The van der Waals surface area contributed by atoms with E-state index in [1.54, 1.807) is 36.4 Å². The molecular weight excluding hydrogens is 373 g/mol. The first-order valence-electron chi connectivity index (χ1n) is 7.71. The van der Waals surface area contributed by atoms with Gasteiger partial charge in [-0.3, -0.25) is 4.79 Å². The van der Waals surface area contributed by atoms with Crippen LogP contribution in [0.1, 0.15) is 4.88 Å². The number of nitrogens with one attached hydrogen (secondary N) is 1. The van der Waals surface area contributed by atoms with Gasteiger partial charge in [-0.2, -0.15) is 5.26 Å². The van der Waals surface area contributed by atoms with Gasteiger partial charge in [0.1, 0.15) is 29.1 Å². The zero-order chi connectivity index (χ0) is 19.4. The Labute approximate surface area is 157 Å². The molecule has 7 heteroatoms. The summed E-state index contributed by atoms with van der Waals surface area (Å²) < 4.78 is 40.4. The number of thiophene rings is 1. The number of nitriles is 1. The Morgan fingerprint density at radius 2 is 1.81 bits per heavy atom. The zero-order valence-corrected chi connectivity index (χ0v) is 14.5. The van der Waals surface area contributed by atoms with Gasteiger partial charge in [0.25, 0.3) is 5.91 Å². The van der Waals surface area contributed by atoms with Gasteiger partial charge < -0.3 is 5.32 Å². The average Bonchev–Trinajstić information content (AvgIpc) is 3.10. The van der Waals surface area contributed by atoms with Gasteiger partial charge in [0.2, 0.25) is 0 Å². The summed E-state index contributed by atoms with van der Waals surface area (Å²) in [7, 11) is 0. The fourth-order valence-corrected chi connectivity index (χ4v) is 3.29. The molecule has 1 heterocycles. The van der Waals surface area contributed by atoms with Crippen molar-refractivity contribution in [2.24, 2.45) is 0 Å². The van der Waals surface area contributed by atoms with Crippen LogP contribution in [0.4, 0.5) is 18.9 Å². The first-order valence-corrected chi connectivity index (χ1v) is 8.52. The maximum atomic E-state index is 13.9.